The van der Waals surface area contributed by atoms with E-state index in [1.807, 2.05) is 11.1 Å². The van der Waals surface area contributed by atoms with Crippen molar-refractivity contribution in [1.29, 1.82) is 0 Å². The molecule has 1 spiro atoms. The van der Waals surface area contributed by atoms with Crippen LogP contribution >= 0.6 is 0 Å². The van der Waals surface area contributed by atoms with Crippen molar-refractivity contribution in [2.75, 3.05) is 0 Å². The van der Waals surface area contributed by atoms with E-state index in [0.717, 1.165) is 29.6 Å². The van der Waals surface area contributed by atoms with Crippen molar-refractivity contribution in [3.05, 3.63) is 11.1 Å². The molecule has 6 atom stereocenters. The fraction of sp³-hybridized carbons (Fsp3) is 0.926. The molecule has 154 valence electrons. The largest absolute Gasteiger partial charge is 0.0679 e. The van der Waals surface area contributed by atoms with Gasteiger partial charge in [0, 0.05) is 0 Å². The van der Waals surface area contributed by atoms with E-state index in [0.29, 0.717) is 10.8 Å². The molecule has 0 heteroatoms. The second kappa shape index (κ2) is 7.53. The Labute approximate surface area is 170 Å². The summed E-state index contributed by atoms with van der Waals surface area (Å²) in [6.45, 7) is 12.6. The van der Waals surface area contributed by atoms with Crippen LogP contribution in [0.1, 0.15) is 118 Å². The third-order valence-corrected chi connectivity index (χ3v) is 10.3. The van der Waals surface area contributed by atoms with E-state index in [9.17, 15) is 0 Å². The van der Waals surface area contributed by atoms with Gasteiger partial charge in [-0.2, -0.15) is 0 Å². The maximum absolute atomic E-state index is 2.72. The van der Waals surface area contributed by atoms with E-state index >= 15 is 0 Å². The molecule has 0 heterocycles. The smallest absolute Gasteiger partial charge is 0.00538 e. The highest BCUT2D eigenvalue weighted by Gasteiger charge is 2.60. The van der Waals surface area contributed by atoms with Crippen LogP contribution in [-0.2, 0) is 0 Å². The van der Waals surface area contributed by atoms with Crippen molar-refractivity contribution in [2.24, 2.45) is 40.4 Å². The second-order valence-electron chi connectivity index (χ2n) is 11.8. The van der Waals surface area contributed by atoms with Crippen molar-refractivity contribution >= 4 is 0 Å². The molecule has 0 aromatic heterocycles. The lowest BCUT2D eigenvalue weighted by atomic mass is 9.51. The van der Waals surface area contributed by atoms with Gasteiger partial charge in [0.05, 0.1) is 0 Å². The molecule has 0 aromatic rings. The van der Waals surface area contributed by atoms with E-state index in [2.05, 4.69) is 34.6 Å². The van der Waals surface area contributed by atoms with Gasteiger partial charge in [0.25, 0.3) is 0 Å². The molecule has 4 aliphatic carbocycles. The Hall–Kier alpha value is -0.260. The van der Waals surface area contributed by atoms with Gasteiger partial charge in [-0.05, 0) is 105 Å². The SMILES string of the molecule is CC1=C(C(C)CCCC(C)C)CCC12CCC1C2CCC2CCCCC21C. The van der Waals surface area contributed by atoms with E-state index in [1.165, 1.54) is 57.8 Å². The zero-order valence-electron chi connectivity index (χ0n) is 19.1. The molecule has 6 unspecified atom stereocenters. The Kier molecular flexibility index (Phi) is 5.59. The lowest BCUT2D eigenvalue weighted by Gasteiger charge is -2.54. The van der Waals surface area contributed by atoms with Gasteiger partial charge in [0.2, 0.25) is 0 Å². The van der Waals surface area contributed by atoms with Crippen molar-refractivity contribution in [3.63, 3.8) is 0 Å². The number of hydrogen-bond acceptors (Lipinski definition) is 0. The van der Waals surface area contributed by atoms with Gasteiger partial charge in [-0.15, -0.1) is 0 Å². The van der Waals surface area contributed by atoms with Crippen LogP contribution in [0.2, 0.25) is 0 Å². The highest BCUT2D eigenvalue weighted by molar-refractivity contribution is 5.32. The number of rotatable bonds is 5. The van der Waals surface area contributed by atoms with Crippen LogP contribution in [0, 0.1) is 40.4 Å². The molecule has 27 heavy (non-hydrogen) atoms. The average Bonchev–Trinajstić information content (AvgIpc) is 3.17. The molecule has 0 aromatic carbocycles. The minimum atomic E-state index is 0.623. The molecule has 4 aliphatic rings. The zero-order chi connectivity index (χ0) is 19.2. The minimum absolute atomic E-state index is 0.623. The maximum atomic E-state index is 2.72. The molecule has 0 amide bonds. The van der Waals surface area contributed by atoms with Gasteiger partial charge in [0.15, 0.2) is 0 Å². The second-order valence-corrected chi connectivity index (χ2v) is 11.8. The van der Waals surface area contributed by atoms with E-state index < -0.39 is 0 Å². The fourth-order valence-electron chi connectivity index (χ4n) is 8.68. The number of hydrogen-bond donors (Lipinski definition) is 0. The van der Waals surface area contributed by atoms with Crippen LogP contribution in [0.3, 0.4) is 0 Å². The summed E-state index contributed by atoms with van der Waals surface area (Å²) in [6, 6.07) is 0. The Morgan fingerprint density at radius 2 is 1.70 bits per heavy atom. The monoisotopic (exact) mass is 370 g/mol. The summed E-state index contributed by atoms with van der Waals surface area (Å²) >= 11 is 0. The first kappa shape index (κ1) is 20.0. The Morgan fingerprint density at radius 1 is 0.889 bits per heavy atom. The summed E-state index contributed by atoms with van der Waals surface area (Å²) in [5.41, 5.74) is 5.11. The number of allylic oxidation sites excluding steroid dienone is 2. The highest BCUT2D eigenvalue weighted by atomic mass is 14.6. The van der Waals surface area contributed by atoms with Crippen LogP contribution < -0.4 is 0 Å². The van der Waals surface area contributed by atoms with Crippen molar-refractivity contribution in [2.45, 2.75) is 118 Å². The van der Waals surface area contributed by atoms with Crippen LogP contribution in [-0.4, -0.2) is 0 Å². The molecule has 0 radical (unpaired) electrons. The highest BCUT2D eigenvalue weighted by Crippen LogP contribution is 2.69. The molecule has 0 N–H and O–H groups in total. The first-order valence-corrected chi connectivity index (χ1v) is 12.6. The fourth-order valence-corrected chi connectivity index (χ4v) is 8.68. The first-order chi connectivity index (χ1) is 12.9. The summed E-state index contributed by atoms with van der Waals surface area (Å²) in [5, 5.41) is 0. The van der Waals surface area contributed by atoms with Gasteiger partial charge >= 0.3 is 0 Å². The average molecular weight is 371 g/mol. The van der Waals surface area contributed by atoms with Crippen molar-refractivity contribution in [1.82, 2.24) is 0 Å². The van der Waals surface area contributed by atoms with E-state index in [-0.39, 0.29) is 0 Å². The predicted molar refractivity (Wildman–Crippen MR) is 118 cm³/mol. The summed E-state index contributed by atoms with van der Waals surface area (Å²) in [7, 11) is 0. The lowest BCUT2D eigenvalue weighted by molar-refractivity contribution is -0.0401. The Bertz CT molecular complexity index is 569. The lowest BCUT2D eigenvalue weighted by Crippen LogP contribution is -2.46. The van der Waals surface area contributed by atoms with Crippen LogP contribution in [0.5, 0.6) is 0 Å². The third kappa shape index (κ3) is 3.26. The summed E-state index contributed by atoms with van der Waals surface area (Å²) < 4.78 is 0. The first-order valence-electron chi connectivity index (χ1n) is 12.6. The standard InChI is InChI=1S/C27H46/c1-19(2)9-8-10-20(3)23-14-17-27(21(23)4)18-15-24-25(27)13-12-22-11-6-7-16-26(22,24)5/h19-20,22,24-25H,6-18H2,1-5H3. The minimum Gasteiger partial charge on any atom is -0.0679 e. The summed E-state index contributed by atoms with van der Waals surface area (Å²) in [5.74, 6) is 4.83. The van der Waals surface area contributed by atoms with Crippen molar-refractivity contribution in [3.8, 4) is 0 Å². The van der Waals surface area contributed by atoms with E-state index in [4.69, 9.17) is 0 Å². The van der Waals surface area contributed by atoms with Gasteiger partial charge in [0.1, 0.15) is 0 Å². The third-order valence-electron chi connectivity index (χ3n) is 10.3. The van der Waals surface area contributed by atoms with E-state index in [1.54, 1.807) is 25.7 Å². The molecule has 0 nitrogen and oxygen atoms in total. The van der Waals surface area contributed by atoms with Crippen LogP contribution in [0.25, 0.3) is 0 Å². The molecule has 0 saturated heterocycles. The maximum Gasteiger partial charge on any atom is -0.00538 e. The molecular weight excluding hydrogens is 324 g/mol. The van der Waals surface area contributed by atoms with Gasteiger partial charge in [-0.25, -0.2) is 0 Å². The molecule has 0 aliphatic heterocycles. The van der Waals surface area contributed by atoms with Crippen molar-refractivity contribution < 1.29 is 0 Å². The van der Waals surface area contributed by atoms with Gasteiger partial charge < -0.3 is 0 Å². The predicted octanol–water partition coefficient (Wildman–Crippen LogP) is 8.56. The number of fused-ring (bicyclic) bond motifs is 4. The normalized spacial score (nSPS) is 42.7. The molecule has 4 rings (SSSR count). The molecule has 3 fully saturated rings. The Balaban J connectivity index is 1.52. The summed E-state index contributed by atoms with van der Waals surface area (Å²) in [6.07, 6.45) is 19.5. The van der Waals surface area contributed by atoms with Crippen LogP contribution in [0.15, 0.2) is 11.1 Å². The molecule has 3 saturated carbocycles. The molecular formula is C27H46. The Morgan fingerprint density at radius 3 is 2.48 bits per heavy atom. The molecule has 0 bridgehead atoms. The van der Waals surface area contributed by atoms with Crippen LogP contribution in [0.4, 0.5) is 0 Å². The quantitative estimate of drug-likeness (QED) is 0.425. The summed E-state index contributed by atoms with van der Waals surface area (Å²) in [4.78, 5) is 0. The van der Waals surface area contributed by atoms with Gasteiger partial charge in [-0.1, -0.05) is 64.5 Å². The topological polar surface area (TPSA) is 0 Å². The van der Waals surface area contributed by atoms with Gasteiger partial charge in [-0.3, -0.25) is 0 Å². The zero-order valence-corrected chi connectivity index (χ0v) is 19.1.